The van der Waals surface area contributed by atoms with Crippen LogP contribution in [0.3, 0.4) is 0 Å². The van der Waals surface area contributed by atoms with Gasteiger partial charge in [0.25, 0.3) is 0 Å². The van der Waals surface area contributed by atoms with Gasteiger partial charge >= 0.3 is 0 Å². The van der Waals surface area contributed by atoms with E-state index in [-0.39, 0.29) is 0 Å². The highest BCUT2D eigenvalue weighted by Crippen LogP contribution is 2.45. The van der Waals surface area contributed by atoms with Gasteiger partial charge in [-0.3, -0.25) is 0 Å². The van der Waals surface area contributed by atoms with E-state index in [0.717, 1.165) is 5.69 Å². The van der Waals surface area contributed by atoms with Gasteiger partial charge in [0.2, 0.25) is 0 Å². The molecule has 0 aliphatic rings. The Balaban J connectivity index is 1.33. The predicted octanol–water partition coefficient (Wildman–Crippen LogP) is 10.9. The van der Waals surface area contributed by atoms with E-state index in [2.05, 4.69) is 134 Å². The lowest BCUT2D eigenvalue weighted by Gasteiger charge is -2.11. The van der Waals surface area contributed by atoms with Gasteiger partial charge in [0.05, 0.1) is 10.4 Å². The van der Waals surface area contributed by atoms with Crippen LogP contribution in [0.15, 0.2) is 115 Å². The lowest BCUT2D eigenvalue weighted by Crippen LogP contribution is -1.91. The minimum absolute atomic E-state index is 0.488. The maximum atomic E-state index is 3.77. The molecule has 0 atom stereocenters. The van der Waals surface area contributed by atoms with E-state index in [1.54, 1.807) is 0 Å². The number of benzene rings is 6. The van der Waals surface area contributed by atoms with Crippen LogP contribution in [0.1, 0.15) is 25.3 Å². The summed E-state index contributed by atoms with van der Waals surface area (Å²) in [5.41, 5.74) is 6.16. The third kappa shape index (κ3) is 3.77. The standard InChI is InChI=1S/C35H27NS/c1-22(2)29-12-7-13-31-33-30-11-6-5-10-27(30)21-32(35(33)37-34(29)31)36-28-18-16-24(17-19-28)26-15-14-23-8-3-4-9-25(23)20-26/h3-22,36H,1-2H3. The van der Waals surface area contributed by atoms with Gasteiger partial charge in [0.1, 0.15) is 0 Å². The van der Waals surface area contributed by atoms with Crippen molar-refractivity contribution in [3.05, 3.63) is 121 Å². The van der Waals surface area contributed by atoms with Crippen LogP contribution in [0, 0.1) is 0 Å². The van der Waals surface area contributed by atoms with Crippen molar-refractivity contribution >= 4 is 64.4 Å². The summed E-state index contributed by atoms with van der Waals surface area (Å²) < 4.78 is 2.72. The Morgan fingerprint density at radius 1 is 0.568 bits per heavy atom. The Bertz CT molecular complexity index is 1930. The highest BCUT2D eigenvalue weighted by atomic mass is 32.1. The number of anilines is 2. The molecular formula is C35H27NS. The highest BCUT2D eigenvalue weighted by Gasteiger charge is 2.16. The fourth-order valence-electron chi connectivity index (χ4n) is 5.49. The summed E-state index contributed by atoms with van der Waals surface area (Å²) in [7, 11) is 0. The Hall–Kier alpha value is -4.14. The van der Waals surface area contributed by atoms with Crippen molar-refractivity contribution in [2.75, 3.05) is 5.32 Å². The topological polar surface area (TPSA) is 12.0 Å². The van der Waals surface area contributed by atoms with Crippen molar-refractivity contribution in [3.63, 3.8) is 0 Å². The van der Waals surface area contributed by atoms with Crippen molar-refractivity contribution in [1.82, 2.24) is 0 Å². The van der Waals surface area contributed by atoms with Crippen molar-refractivity contribution in [3.8, 4) is 11.1 Å². The molecule has 1 N–H and O–H groups in total. The first-order valence-corrected chi connectivity index (χ1v) is 13.7. The molecule has 178 valence electrons. The molecule has 2 heteroatoms. The van der Waals surface area contributed by atoms with Crippen LogP contribution in [0.25, 0.3) is 52.8 Å². The SMILES string of the molecule is CC(C)c1cccc2c1sc1c(Nc3ccc(-c4ccc5ccccc5c4)cc3)cc3ccccc3c12. The molecule has 6 aromatic carbocycles. The summed E-state index contributed by atoms with van der Waals surface area (Å²) in [6.07, 6.45) is 0. The first-order chi connectivity index (χ1) is 18.2. The molecule has 7 rings (SSSR count). The molecular weight excluding hydrogens is 466 g/mol. The van der Waals surface area contributed by atoms with E-state index >= 15 is 0 Å². The lowest BCUT2D eigenvalue weighted by molar-refractivity contribution is 0.878. The number of hydrogen-bond donors (Lipinski definition) is 1. The summed E-state index contributed by atoms with van der Waals surface area (Å²) in [5.74, 6) is 0.488. The van der Waals surface area contributed by atoms with E-state index < -0.39 is 0 Å². The van der Waals surface area contributed by atoms with E-state index in [1.165, 1.54) is 64.1 Å². The van der Waals surface area contributed by atoms with Crippen LogP contribution in [0.2, 0.25) is 0 Å². The monoisotopic (exact) mass is 493 g/mol. The maximum absolute atomic E-state index is 3.77. The van der Waals surface area contributed by atoms with Gasteiger partial charge < -0.3 is 5.32 Å². The fourth-order valence-corrected chi connectivity index (χ4v) is 6.94. The molecule has 0 aliphatic heterocycles. The molecule has 0 spiro atoms. The van der Waals surface area contributed by atoms with E-state index in [4.69, 9.17) is 0 Å². The Kier molecular flexibility index (Phi) is 5.23. The minimum atomic E-state index is 0.488. The molecule has 1 nitrogen and oxygen atoms in total. The summed E-state index contributed by atoms with van der Waals surface area (Å²) in [5, 5.41) is 11.6. The second kappa shape index (κ2) is 8.76. The molecule has 7 aromatic rings. The summed E-state index contributed by atoms with van der Waals surface area (Å²) in [6, 6.07) is 41.9. The molecule has 0 saturated heterocycles. The van der Waals surface area contributed by atoms with E-state index in [1.807, 2.05) is 11.3 Å². The zero-order valence-corrected chi connectivity index (χ0v) is 21.8. The number of nitrogens with one attached hydrogen (secondary N) is 1. The van der Waals surface area contributed by atoms with Gasteiger partial charge in [-0.25, -0.2) is 0 Å². The molecule has 0 saturated carbocycles. The second-order valence-electron chi connectivity index (χ2n) is 10.1. The van der Waals surface area contributed by atoms with Gasteiger partial charge in [-0.05, 0) is 68.4 Å². The van der Waals surface area contributed by atoms with Crippen molar-refractivity contribution in [1.29, 1.82) is 0 Å². The fraction of sp³-hybridized carbons (Fsp3) is 0.0857. The number of fused-ring (bicyclic) bond motifs is 6. The Morgan fingerprint density at radius 3 is 2.08 bits per heavy atom. The number of rotatable bonds is 4. The van der Waals surface area contributed by atoms with Gasteiger partial charge in [-0.15, -0.1) is 11.3 Å². The van der Waals surface area contributed by atoms with E-state index in [0.29, 0.717) is 5.92 Å². The molecule has 0 unspecified atom stereocenters. The van der Waals surface area contributed by atoms with Crippen LogP contribution in [-0.2, 0) is 0 Å². The van der Waals surface area contributed by atoms with Gasteiger partial charge in [0, 0.05) is 21.2 Å². The molecule has 1 aromatic heterocycles. The Morgan fingerprint density at radius 2 is 1.27 bits per heavy atom. The predicted molar refractivity (Wildman–Crippen MR) is 164 cm³/mol. The molecule has 1 heterocycles. The van der Waals surface area contributed by atoms with Crippen LogP contribution in [-0.4, -0.2) is 0 Å². The first kappa shape index (κ1) is 22.1. The average Bonchev–Trinajstić information content (AvgIpc) is 3.34. The Labute approximate surface area is 221 Å². The quantitative estimate of drug-likeness (QED) is 0.257. The highest BCUT2D eigenvalue weighted by molar-refractivity contribution is 7.26. The zero-order valence-electron chi connectivity index (χ0n) is 21.0. The molecule has 0 radical (unpaired) electrons. The number of thiophene rings is 1. The first-order valence-electron chi connectivity index (χ1n) is 12.9. The molecule has 37 heavy (non-hydrogen) atoms. The van der Waals surface area contributed by atoms with Crippen LogP contribution >= 0.6 is 11.3 Å². The van der Waals surface area contributed by atoms with Crippen LogP contribution in [0.4, 0.5) is 11.4 Å². The third-order valence-electron chi connectivity index (χ3n) is 7.39. The van der Waals surface area contributed by atoms with Crippen molar-refractivity contribution in [2.45, 2.75) is 19.8 Å². The summed E-state index contributed by atoms with van der Waals surface area (Å²) >= 11 is 1.92. The summed E-state index contributed by atoms with van der Waals surface area (Å²) in [4.78, 5) is 0. The van der Waals surface area contributed by atoms with Crippen molar-refractivity contribution < 1.29 is 0 Å². The van der Waals surface area contributed by atoms with Gasteiger partial charge in [-0.1, -0.05) is 105 Å². The second-order valence-corrected chi connectivity index (χ2v) is 11.1. The summed E-state index contributed by atoms with van der Waals surface area (Å²) in [6.45, 7) is 4.57. The van der Waals surface area contributed by atoms with Gasteiger partial charge in [-0.2, -0.15) is 0 Å². The molecule has 0 fully saturated rings. The maximum Gasteiger partial charge on any atom is 0.0597 e. The van der Waals surface area contributed by atoms with Gasteiger partial charge in [0.15, 0.2) is 0 Å². The van der Waals surface area contributed by atoms with Crippen molar-refractivity contribution in [2.24, 2.45) is 0 Å². The van der Waals surface area contributed by atoms with Crippen LogP contribution in [0.5, 0.6) is 0 Å². The minimum Gasteiger partial charge on any atom is -0.354 e. The molecule has 0 amide bonds. The number of hydrogen-bond acceptors (Lipinski definition) is 2. The molecule has 0 bridgehead atoms. The normalized spacial score (nSPS) is 11.8. The smallest absolute Gasteiger partial charge is 0.0597 e. The molecule has 0 aliphatic carbocycles. The largest absolute Gasteiger partial charge is 0.354 e. The van der Waals surface area contributed by atoms with Crippen LogP contribution < -0.4 is 5.32 Å². The third-order valence-corrected chi connectivity index (χ3v) is 8.68. The average molecular weight is 494 g/mol. The van der Waals surface area contributed by atoms with E-state index in [9.17, 15) is 0 Å². The zero-order chi connectivity index (χ0) is 24.9. The lowest BCUT2D eigenvalue weighted by atomic mass is 9.98.